The van der Waals surface area contributed by atoms with Gasteiger partial charge in [-0.3, -0.25) is 9.59 Å². The van der Waals surface area contributed by atoms with Crippen LogP contribution in [0.4, 0.5) is 8.78 Å². The van der Waals surface area contributed by atoms with Crippen molar-refractivity contribution in [3.8, 4) is 0 Å². The molecule has 1 fully saturated rings. The summed E-state index contributed by atoms with van der Waals surface area (Å²) in [6.07, 6.45) is 1.35. The summed E-state index contributed by atoms with van der Waals surface area (Å²) in [6, 6.07) is 14.0. The molecule has 2 amide bonds. The monoisotopic (exact) mass is 491 g/mol. The number of amides is 2. The Morgan fingerprint density at radius 1 is 1.18 bits per heavy atom. The molecule has 1 aliphatic carbocycles. The normalized spacial score (nSPS) is 16.7. The lowest BCUT2D eigenvalue weighted by atomic mass is 9.77. The summed E-state index contributed by atoms with van der Waals surface area (Å²) in [5.41, 5.74) is 6.05. The average molecular weight is 492 g/mol. The van der Waals surface area contributed by atoms with Gasteiger partial charge >= 0.3 is 0 Å². The molecule has 184 valence electrons. The molecule has 0 unspecified atom stereocenters. The summed E-state index contributed by atoms with van der Waals surface area (Å²) < 4.78 is 29.1. The number of primary amides is 1. The molecule has 0 spiro atoms. The summed E-state index contributed by atoms with van der Waals surface area (Å²) in [4.78, 5) is 26.3. The highest BCUT2D eigenvalue weighted by Crippen LogP contribution is 2.65. The fourth-order valence-electron chi connectivity index (χ4n) is 4.59. The Bertz CT molecular complexity index is 1020. The average Bonchev–Trinajstić information content (AvgIpc) is 3.58. The van der Waals surface area contributed by atoms with E-state index in [4.69, 9.17) is 17.3 Å². The number of benzene rings is 2. The van der Waals surface area contributed by atoms with Crippen LogP contribution in [0.25, 0.3) is 0 Å². The number of rotatable bonds is 11. The summed E-state index contributed by atoms with van der Waals surface area (Å²) in [5, 5.41) is 3.37. The van der Waals surface area contributed by atoms with Crippen molar-refractivity contribution >= 4 is 23.4 Å². The minimum Gasteiger partial charge on any atom is -0.366 e. The van der Waals surface area contributed by atoms with Gasteiger partial charge in [0.1, 0.15) is 0 Å². The highest BCUT2D eigenvalue weighted by atomic mass is 35.5. The molecule has 2 aromatic rings. The quantitative estimate of drug-likeness (QED) is 0.481. The Kier molecular flexibility index (Phi) is 7.98. The molecule has 3 rings (SSSR count). The van der Waals surface area contributed by atoms with Crippen LogP contribution in [0, 0.1) is 5.41 Å². The van der Waals surface area contributed by atoms with Crippen molar-refractivity contribution in [3.63, 3.8) is 0 Å². The molecule has 0 saturated heterocycles. The molecular weight excluding hydrogens is 460 g/mol. The summed E-state index contributed by atoms with van der Waals surface area (Å²) in [5.74, 6) is -4.23. The number of likely N-dealkylation sites (N-methyl/N-ethyl adjacent to an activating group) is 1. The number of hydrogen-bond acceptors (Lipinski definition) is 3. The zero-order valence-corrected chi connectivity index (χ0v) is 20.5. The van der Waals surface area contributed by atoms with Gasteiger partial charge in [-0.05, 0) is 63.5 Å². The van der Waals surface area contributed by atoms with Crippen LogP contribution < -0.4 is 11.1 Å². The maximum absolute atomic E-state index is 14.5. The highest BCUT2D eigenvalue weighted by molar-refractivity contribution is 6.31. The van der Waals surface area contributed by atoms with Gasteiger partial charge in [-0.25, -0.2) is 8.78 Å². The van der Waals surface area contributed by atoms with Gasteiger partial charge in [0.15, 0.2) is 0 Å². The topological polar surface area (TPSA) is 75.4 Å². The van der Waals surface area contributed by atoms with Crippen LogP contribution in [-0.2, 0) is 11.2 Å². The smallest absolute Gasteiger partial charge is 0.251 e. The summed E-state index contributed by atoms with van der Waals surface area (Å²) in [6.45, 7) is 1.29. The second-order valence-corrected chi connectivity index (χ2v) is 9.92. The first-order valence-corrected chi connectivity index (χ1v) is 11.8. The number of hydrogen-bond donors (Lipinski definition) is 2. The lowest BCUT2D eigenvalue weighted by molar-refractivity contribution is -0.123. The van der Waals surface area contributed by atoms with Gasteiger partial charge in [-0.2, -0.15) is 0 Å². The van der Waals surface area contributed by atoms with Crippen LogP contribution in [0.5, 0.6) is 0 Å². The molecule has 5 nitrogen and oxygen atoms in total. The van der Waals surface area contributed by atoms with Crippen LogP contribution in [0.15, 0.2) is 48.5 Å². The third-order valence-corrected chi connectivity index (χ3v) is 7.33. The second-order valence-electron chi connectivity index (χ2n) is 9.51. The van der Waals surface area contributed by atoms with Gasteiger partial charge < -0.3 is 16.0 Å². The van der Waals surface area contributed by atoms with E-state index in [9.17, 15) is 18.4 Å². The second kappa shape index (κ2) is 10.4. The number of nitrogens with one attached hydrogen (secondary N) is 1. The van der Waals surface area contributed by atoms with E-state index in [1.54, 1.807) is 12.1 Å². The van der Waals surface area contributed by atoms with Gasteiger partial charge in [-0.1, -0.05) is 48.0 Å². The minimum absolute atomic E-state index is 0.00164. The Hall–Kier alpha value is -2.51. The van der Waals surface area contributed by atoms with Gasteiger partial charge in [0.2, 0.25) is 11.8 Å². The lowest BCUT2D eigenvalue weighted by Gasteiger charge is -2.32. The molecule has 3 N–H and O–H groups in total. The van der Waals surface area contributed by atoms with Gasteiger partial charge in [-0.15, -0.1) is 0 Å². The van der Waals surface area contributed by atoms with Crippen LogP contribution in [0.1, 0.15) is 53.6 Å². The van der Waals surface area contributed by atoms with Crippen molar-refractivity contribution < 1.29 is 18.4 Å². The Labute approximate surface area is 204 Å². The fourth-order valence-corrected chi connectivity index (χ4v) is 4.85. The van der Waals surface area contributed by atoms with E-state index < -0.39 is 23.2 Å². The molecule has 2 aromatic carbocycles. The van der Waals surface area contributed by atoms with Crippen molar-refractivity contribution in [1.82, 2.24) is 10.2 Å². The van der Waals surface area contributed by atoms with Crippen LogP contribution >= 0.6 is 11.6 Å². The predicted molar refractivity (Wildman–Crippen MR) is 130 cm³/mol. The number of halogens is 3. The van der Waals surface area contributed by atoms with Crippen LogP contribution in [0.2, 0.25) is 5.02 Å². The summed E-state index contributed by atoms with van der Waals surface area (Å²) >= 11 is 6.34. The Morgan fingerprint density at radius 3 is 2.32 bits per heavy atom. The third-order valence-electron chi connectivity index (χ3n) is 6.98. The first kappa shape index (κ1) is 26.1. The van der Waals surface area contributed by atoms with E-state index in [2.05, 4.69) is 5.32 Å². The third kappa shape index (κ3) is 5.94. The van der Waals surface area contributed by atoms with Crippen molar-refractivity contribution in [2.24, 2.45) is 11.1 Å². The van der Waals surface area contributed by atoms with E-state index >= 15 is 0 Å². The summed E-state index contributed by atoms with van der Waals surface area (Å²) in [7, 11) is 3.79. The fraction of sp³-hybridized carbons (Fsp3) is 0.462. The van der Waals surface area contributed by atoms with Crippen molar-refractivity contribution in [2.75, 3.05) is 20.6 Å². The largest absolute Gasteiger partial charge is 0.366 e. The molecule has 0 bridgehead atoms. The number of alkyl halides is 2. The molecule has 0 aromatic heterocycles. The number of nitrogens with two attached hydrogens (primary N) is 1. The van der Waals surface area contributed by atoms with Gasteiger partial charge in [0.25, 0.3) is 5.92 Å². The number of carbonyl (C=O) groups excluding carboxylic acids is 2. The molecule has 8 heteroatoms. The van der Waals surface area contributed by atoms with Crippen LogP contribution in [-0.4, -0.2) is 49.3 Å². The first-order chi connectivity index (χ1) is 15.9. The molecular formula is C26H32ClF2N3O2. The zero-order valence-electron chi connectivity index (χ0n) is 19.8. The number of carbonyl (C=O) groups is 2. The van der Waals surface area contributed by atoms with E-state index in [1.165, 1.54) is 6.07 Å². The van der Waals surface area contributed by atoms with Gasteiger partial charge in [0, 0.05) is 40.9 Å². The Balaban J connectivity index is 1.69. The van der Waals surface area contributed by atoms with Crippen molar-refractivity contribution in [1.29, 1.82) is 0 Å². The molecule has 1 saturated carbocycles. The van der Waals surface area contributed by atoms with E-state index in [0.29, 0.717) is 36.4 Å². The predicted octanol–water partition coefficient (Wildman–Crippen LogP) is 4.64. The molecule has 2 atom stereocenters. The number of nitrogens with zero attached hydrogens (tertiary/aromatic N) is 1. The van der Waals surface area contributed by atoms with Gasteiger partial charge in [0.05, 0.1) is 0 Å². The molecule has 0 aliphatic heterocycles. The highest BCUT2D eigenvalue weighted by Gasteiger charge is 2.63. The Morgan fingerprint density at radius 2 is 1.82 bits per heavy atom. The van der Waals surface area contributed by atoms with Crippen molar-refractivity contribution in [3.05, 3.63) is 70.2 Å². The van der Waals surface area contributed by atoms with Crippen molar-refractivity contribution in [2.45, 2.75) is 50.5 Å². The molecule has 0 heterocycles. The molecule has 34 heavy (non-hydrogen) atoms. The molecule has 0 radical (unpaired) electrons. The van der Waals surface area contributed by atoms with E-state index in [-0.39, 0.29) is 18.4 Å². The SMILES string of the molecule is CN(C)[C@H](CNC(=O)C[C@@H](c1ccccc1)C1(C(C)(F)F)CC1)Cc1ccc(C(N)=O)cc1Cl. The maximum Gasteiger partial charge on any atom is 0.251 e. The molecule has 1 aliphatic rings. The lowest BCUT2D eigenvalue weighted by Crippen LogP contribution is -2.43. The standard InChI is InChI=1S/C26H32ClF2N3O2/c1-25(28,29)26(11-12-26)21(17-7-5-4-6-8-17)15-23(33)31-16-20(32(2)3)13-18-9-10-19(24(30)34)14-22(18)27/h4-10,14,20-21H,11-13,15-16H2,1-3H3,(H2,30,34)(H,31,33)/t20-,21-/m0/s1. The first-order valence-electron chi connectivity index (χ1n) is 11.4. The van der Waals surface area contributed by atoms with Crippen LogP contribution in [0.3, 0.4) is 0 Å². The maximum atomic E-state index is 14.5. The minimum atomic E-state index is -2.87. The van der Waals surface area contributed by atoms with E-state index in [1.807, 2.05) is 49.3 Å². The zero-order chi connectivity index (χ0) is 25.1. The van der Waals surface area contributed by atoms with E-state index in [0.717, 1.165) is 18.1 Å².